The van der Waals surface area contributed by atoms with Crippen molar-refractivity contribution in [3.63, 3.8) is 0 Å². The summed E-state index contributed by atoms with van der Waals surface area (Å²) in [4.78, 5) is 1.03. The summed E-state index contributed by atoms with van der Waals surface area (Å²) >= 11 is 7.52. The van der Waals surface area contributed by atoms with Crippen LogP contribution >= 0.6 is 23.4 Å². The third kappa shape index (κ3) is 3.93. The Morgan fingerprint density at radius 2 is 2.00 bits per heavy atom. The van der Waals surface area contributed by atoms with Gasteiger partial charge in [0.05, 0.1) is 7.11 Å². The van der Waals surface area contributed by atoms with E-state index < -0.39 is 7.12 Å². The highest BCUT2D eigenvalue weighted by atomic mass is 35.5. The highest BCUT2D eigenvalue weighted by Crippen LogP contribution is 2.26. The highest BCUT2D eigenvalue weighted by molar-refractivity contribution is 7.98. The van der Waals surface area contributed by atoms with Gasteiger partial charge in [-0.05, 0) is 41.4 Å². The molecule has 0 saturated heterocycles. The Morgan fingerprint density at radius 3 is 2.65 bits per heavy atom. The zero-order valence-corrected chi connectivity index (χ0v) is 12.5. The van der Waals surface area contributed by atoms with Crippen LogP contribution in [-0.2, 0) is 5.75 Å². The molecule has 2 aromatic carbocycles. The summed E-state index contributed by atoms with van der Waals surface area (Å²) in [7, 11) is 0.0917. The zero-order valence-electron chi connectivity index (χ0n) is 10.9. The van der Waals surface area contributed by atoms with Gasteiger partial charge in [0, 0.05) is 15.7 Å². The molecule has 104 valence electrons. The van der Waals surface area contributed by atoms with Gasteiger partial charge in [-0.15, -0.1) is 11.8 Å². The molecule has 0 aliphatic carbocycles. The maximum Gasteiger partial charge on any atom is 0.488 e. The lowest BCUT2D eigenvalue weighted by atomic mass is 9.77. The van der Waals surface area contributed by atoms with Crippen molar-refractivity contribution in [1.82, 2.24) is 0 Å². The molecule has 0 aromatic heterocycles. The summed E-state index contributed by atoms with van der Waals surface area (Å²) < 4.78 is 5.17. The smallest absolute Gasteiger partial charge is 0.488 e. The molecule has 2 rings (SSSR count). The fraction of sp³-hybridized carbons (Fsp3) is 0.143. The molecule has 0 radical (unpaired) electrons. The van der Waals surface area contributed by atoms with Gasteiger partial charge in [-0.1, -0.05) is 23.7 Å². The summed E-state index contributed by atoms with van der Waals surface area (Å²) in [6.45, 7) is 0. The van der Waals surface area contributed by atoms with Crippen LogP contribution in [0, 0.1) is 0 Å². The van der Waals surface area contributed by atoms with E-state index in [2.05, 4.69) is 0 Å². The van der Waals surface area contributed by atoms with E-state index in [0.717, 1.165) is 10.5 Å². The second-order valence-electron chi connectivity index (χ2n) is 4.18. The molecular formula is C14H14BClO3S. The van der Waals surface area contributed by atoms with Gasteiger partial charge in [0.2, 0.25) is 0 Å². The minimum absolute atomic E-state index is 0.486. The van der Waals surface area contributed by atoms with E-state index in [1.807, 2.05) is 30.3 Å². The number of benzene rings is 2. The van der Waals surface area contributed by atoms with Crippen molar-refractivity contribution in [2.24, 2.45) is 0 Å². The normalized spacial score (nSPS) is 10.4. The maximum atomic E-state index is 9.39. The predicted molar refractivity (Wildman–Crippen MR) is 83.8 cm³/mol. The molecule has 0 amide bonds. The summed E-state index contributed by atoms with van der Waals surface area (Å²) in [5, 5.41) is 19.5. The minimum atomic E-state index is -1.49. The summed E-state index contributed by atoms with van der Waals surface area (Å²) in [6, 6.07) is 12.7. The van der Waals surface area contributed by atoms with Crippen molar-refractivity contribution in [2.75, 3.05) is 7.11 Å². The molecule has 2 aromatic rings. The average Bonchev–Trinajstić information content (AvgIpc) is 2.44. The fourth-order valence-corrected chi connectivity index (χ4v) is 3.02. The van der Waals surface area contributed by atoms with Gasteiger partial charge in [-0.2, -0.15) is 0 Å². The van der Waals surface area contributed by atoms with E-state index in [0.29, 0.717) is 22.0 Å². The van der Waals surface area contributed by atoms with Crippen LogP contribution in [0.5, 0.6) is 5.75 Å². The standard InChI is InChI=1S/C14H14BClO3S/c1-19-12-5-6-14(15(17)18)10(7-12)9-20-13-4-2-3-11(16)8-13/h2-8,17-18H,9H2,1H3. The Kier molecular flexibility index (Phi) is 5.37. The van der Waals surface area contributed by atoms with Gasteiger partial charge >= 0.3 is 7.12 Å². The second kappa shape index (κ2) is 7.04. The van der Waals surface area contributed by atoms with E-state index >= 15 is 0 Å². The van der Waals surface area contributed by atoms with Crippen LogP contribution in [0.4, 0.5) is 0 Å². The van der Waals surface area contributed by atoms with E-state index in [1.165, 1.54) is 0 Å². The van der Waals surface area contributed by atoms with E-state index in [1.54, 1.807) is 31.0 Å². The minimum Gasteiger partial charge on any atom is -0.497 e. The molecule has 0 aliphatic rings. The van der Waals surface area contributed by atoms with Gasteiger partial charge in [0.1, 0.15) is 5.75 Å². The molecule has 0 unspecified atom stereocenters. The SMILES string of the molecule is COc1ccc(B(O)O)c(CSc2cccc(Cl)c2)c1. The molecular weight excluding hydrogens is 294 g/mol. The van der Waals surface area contributed by atoms with Crippen molar-refractivity contribution in [3.8, 4) is 5.75 Å². The van der Waals surface area contributed by atoms with Gasteiger partial charge < -0.3 is 14.8 Å². The number of methoxy groups -OCH3 is 1. The first-order valence-corrected chi connectivity index (χ1v) is 7.38. The van der Waals surface area contributed by atoms with E-state index in [-0.39, 0.29) is 0 Å². The van der Waals surface area contributed by atoms with Crippen molar-refractivity contribution in [3.05, 3.63) is 53.1 Å². The van der Waals surface area contributed by atoms with Gasteiger partial charge in [0.25, 0.3) is 0 Å². The first-order chi connectivity index (χ1) is 9.60. The van der Waals surface area contributed by atoms with Gasteiger partial charge in [-0.3, -0.25) is 0 Å². The summed E-state index contributed by atoms with van der Waals surface area (Å²) in [6.07, 6.45) is 0. The molecule has 3 nitrogen and oxygen atoms in total. The summed E-state index contributed by atoms with van der Waals surface area (Å²) in [5.74, 6) is 1.29. The van der Waals surface area contributed by atoms with Crippen LogP contribution in [-0.4, -0.2) is 24.3 Å². The van der Waals surface area contributed by atoms with E-state index in [4.69, 9.17) is 16.3 Å². The first-order valence-electron chi connectivity index (χ1n) is 6.01. The van der Waals surface area contributed by atoms with Crippen molar-refractivity contribution >= 4 is 35.9 Å². The number of ether oxygens (including phenoxy) is 1. The zero-order chi connectivity index (χ0) is 14.5. The second-order valence-corrected chi connectivity index (χ2v) is 5.67. The number of thioether (sulfide) groups is 1. The highest BCUT2D eigenvalue weighted by Gasteiger charge is 2.16. The van der Waals surface area contributed by atoms with E-state index in [9.17, 15) is 10.0 Å². The molecule has 0 heterocycles. The van der Waals surface area contributed by atoms with Crippen LogP contribution in [0.2, 0.25) is 5.02 Å². The third-order valence-electron chi connectivity index (χ3n) is 2.82. The molecule has 6 heteroatoms. The largest absolute Gasteiger partial charge is 0.497 e. The van der Waals surface area contributed by atoms with Crippen molar-refractivity contribution in [2.45, 2.75) is 10.6 Å². The van der Waals surface area contributed by atoms with Crippen LogP contribution in [0.1, 0.15) is 5.56 Å². The third-order valence-corrected chi connectivity index (χ3v) is 4.10. The van der Waals surface area contributed by atoms with Crippen molar-refractivity contribution < 1.29 is 14.8 Å². The molecule has 20 heavy (non-hydrogen) atoms. The lowest BCUT2D eigenvalue weighted by Gasteiger charge is -2.11. The maximum absolute atomic E-state index is 9.39. The van der Waals surface area contributed by atoms with Crippen molar-refractivity contribution in [1.29, 1.82) is 0 Å². The molecule has 0 spiro atoms. The van der Waals surface area contributed by atoms with Crippen LogP contribution in [0.3, 0.4) is 0 Å². The van der Waals surface area contributed by atoms with Crippen LogP contribution < -0.4 is 10.2 Å². The lowest BCUT2D eigenvalue weighted by Crippen LogP contribution is -2.32. The number of halogens is 1. The topological polar surface area (TPSA) is 49.7 Å². The molecule has 0 fully saturated rings. The molecule has 0 aliphatic heterocycles. The van der Waals surface area contributed by atoms with Gasteiger partial charge in [0.15, 0.2) is 0 Å². The monoisotopic (exact) mass is 308 g/mol. The van der Waals surface area contributed by atoms with Gasteiger partial charge in [-0.25, -0.2) is 0 Å². The van der Waals surface area contributed by atoms with Crippen LogP contribution in [0.15, 0.2) is 47.4 Å². The molecule has 0 saturated carbocycles. The molecule has 0 bridgehead atoms. The Balaban J connectivity index is 2.19. The predicted octanol–water partition coefficient (Wildman–Crippen LogP) is 2.32. The fourth-order valence-electron chi connectivity index (χ4n) is 1.80. The molecule has 0 atom stereocenters. The number of hydrogen-bond acceptors (Lipinski definition) is 4. The Hall–Kier alpha value is -1.14. The Morgan fingerprint density at radius 1 is 1.20 bits per heavy atom. The number of rotatable bonds is 5. The Bertz CT molecular complexity index is 592. The molecule has 2 N–H and O–H groups in total. The van der Waals surface area contributed by atoms with Crippen LogP contribution in [0.25, 0.3) is 0 Å². The average molecular weight is 309 g/mol. The Labute approximate surface area is 127 Å². The summed E-state index contributed by atoms with van der Waals surface area (Å²) in [5.41, 5.74) is 1.31. The number of hydrogen-bond donors (Lipinski definition) is 2. The quantitative estimate of drug-likeness (QED) is 0.657. The first kappa shape index (κ1) is 15.3. The lowest BCUT2D eigenvalue weighted by molar-refractivity contribution is 0.413.